The maximum Gasteiger partial charge on any atom is 0.338 e. The van der Waals surface area contributed by atoms with Gasteiger partial charge in [-0.3, -0.25) is 4.79 Å². The van der Waals surface area contributed by atoms with Crippen molar-refractivity contribution in [2.24, 2.45) is 0 Å². The van der Waals surface area contributed by atoms with Crippen LogP contribution in [0, 0.1) is 0 Å². The Kier molecular flexibility index (Phi) is 4.72. The second-order valence-electron chi connectivity index (χ2n) is 4.86. The minimum absolute atomic E-state index is 0.298. The molecule has 1 N–H and O–H groups in total. The van der Waals surface area contributed by atoms with Crippen LogP contribution in [-0.2, 0) is 4.74 Å². The summed E-state index contributed by atoms with van der Waals surface area (Å²) in [5.41, 5.74) is 1.38. The van der Waals surface area contributed by atoms with Gasteiger partial charge in [0.15, 0.2) is 5.13 Å². The second kappa shape index (κ2) is 7.10. The van der Waals surface area contributed by atoms with Crippen LogP contribution in [0.15, 0.2) is 54.2 Å². The lowest BCUT2D eigenvalue weighted by Gasteiger charge is -2.05. The Labute approximate surface area is 142 Å². The molecule has 6 nitrogen and oxygen atoms in total. The molecule has 24 heavy (non-hydrogen) atoms. The number of nitrogens with zero attached hydrogens (tertiary/aromatic N) is 2. The number of amides is 1. The molecule has 0 aliphatic heterocycles. The number of esters is 1. The van der Waals surface area contributed by atoms with Crippen LogP contribution in [0.4, 0.5) is 5.69 Å². The summed E-state index contributed by atoms with van der Waals surface area (Å²) in [4.78, 5) is 28.2. The Morgan fingerprint density at radius 3 is 2.58 bits per heavy atom. The molecule has 3 rings (SSSR count). The maximum absolute atomic E-state index is 12.3. The van der Waals surface area contributed by atoms with Crippen molar-refractivity contribution in [3.8, 4) is 5.13 Å². The standard InChI is InChI=1S/C17H15N3O3S/c1-2-23-16(22)12-5-7-13(8-6-12)18-15(21)14-11-24-17(19-14)20-9-3-4-10-20/h3-11H,2H2,1H3,(H,18,21). The third kappa shape index (κ3) is 3.52. The first kappa shape index (κ1) is 15.9. The fourth-order valence-electron chi connectivity index (χ4n) is 2.05. The molecule has 0 unspecified atom stereocenters. The number of anilines is 1. The van der Waals surface area contributed by atoms with Gasteiger partial charge < -0.3 is 14.6 Å². The molecular formula is C17H15N3O3S. The molecule has 0 saturated carbocycles. The predicted molar refractivity (Wildman–Crippen MR) is 91.8 cm³/mol. The van der Waals surface area contributed by atoms with Crippen molar-refractivity contribution < 1.29 is 14.3 Å². The van der Waals surface area contributed by atoms with Gasteiger partial charge in [-0.15, -0.1) is 11.3 Å². The van der Waals surface area contributed by atoms with Crippen LogP contribution in [0.2, 0.25) is 0 Å². The number of nitrogens with one attached hydrogen (secondary N) is 1. The lowest BCUT2D eigenvalue weighted by Crippen LogP contribution is -2.13. The summed E-state index contributed by atoms with van der Waals surface area (Å²) in [6.45, 7) is 2.08. The average Bonchev–Trinajstić information content (AvgIpc) is 3.27. The molecule has 0 aliphatic carbocycles. The molecule has 2 aromatic heterocycles. The number of benzene rings is 1. The van der Waals surface area contributed by atoms with Crippen LogP contribution in [0.1, 0.15) is 27.8 Å². The summed E-state index contributed by atoms with van der Waals surface area (Å²) in [5.74, 6) is -0.681. The number of hydrogen-bond acceptors (Lipinski definition) is 5. The van der Waals surface area contributed by atoms with Crippen molar-refractivity contribution >= 4 is 28.9 Å². The van der Waals surface area contributed by atoms with Gasteiger partial charge in [0.25, 0.3) is 5.91 Å². The zero-order valence-electron chi connectivity index (χ0n) is 12.9. The van der Waals surface area contributed by atoms with Gasteiger partial charge in [-0.05, 0) is 43.3 Å². The van der Waals surface area contributed by atoms with E-state index in [4.69, 9.17) is 4.74 Å². The summed E-state index contributed by atoms with van der Waals surface area (Å²) in [6.07, 6.45) is 3.74. The highest BCUT2D eigenvalue weighted by Gasteiger charge is 2.12. The minimum atomic E-state index is -0.383. The first-order chi connectivity index (χ1) is 11.7. The number of ether oxygens (including phenoxy) is 1. The van der Waals surface area contributed by atoms with Gasteiger partial charge in [0.1, 0.15) is 5.69 Å². The zero-order valence-corrected chi connectivity index (χ0v) is 13.7. The van der Waals surface area contributed by atoms with Gasteiger partial charge in [0, 0.05) is 23.5 Å². The number of thiazole rings is 1. The van der Waals surface area contributed by atoms with Crippen molar-refractivity contribution in [1.29, 1.82) is 0 Å². The monoisotopic (exact) mass is 341 g/mol. The van der Waals surface area contributed by atoms with E-state index in [1.54, 1.807) is 36.6 Å². The fraction of sp³-hybridized carbons (Fsp3) is 0.118. The van der Waals surface area contributed by atoms with Gasteiger partial charge in [-0.2, -0.15) is 0 Å². The quantitative estimate of drug-likeness (QED) is 0.722. The third-order valence-electron chi connectivity index (χ3n) is 3.20. The Bertz CT molecular complexity index is 838. The Hall–Kier alpha value is -2.93. The van der Waals surface area contributed by atoms with Crippen molar-refractivity contribution in [2.75, 3.05) is 11.9 Å². The molecule has 0 bridgehead atoms. The number of aromatic nitrogens is 2. The molecule has 0 fully saturated rings. The van der Waals surface area contributed by atoms with E-state index in [0.29, 0.717) is 23.6 Å². The Morgan fingerprint density at radius 1 is 1.21 bits per heavy atom. The summed E-state index contributed by atoms with van der Waals surface area (Å²) >= 11 is 1.39. The van der Waals surface area contributed by atoms with E-state index in [2.05, 4.69) is 10.3 Å². The number of hydrogen-bond donors (Lipinski definition) is 1. The summed E-state index contributed by atoms with van der Waals surface area (Å²) < 4.78 is 6.76. The predicted octanol–water partition coefficient (Wildman–Crippen LogP) is 3.36. The van der Waals surface area contributed by atoms with Crippen LogP contribution in [0.3, 0.4) is 0 Å². The first-order valence-corrected chi connectivity index (χ1v) is 8.22. The van der Waals surface area contributed by atoms with Crippen LogP contribution >= 0.6 is 11.3 Å². The average molecular weight is 341 g/mol. The summed E-state index contributed by atoms with van der Waals surface area (Å²) in [6, 6.07) is 10.3. The molecule has 1 amide bonds. The van der Waals surface area contributed by atoms with Crippen LogP contribution in [0.5, 0.6) is 0 Å². The molecule has 2 heterocycles. The molecule has 122 valence electrons. The Morgan fingerprint density at radius 2 is 1.92 bits per heavy atom. The lowest BCUT2D eigenvalue weighted by atomic mass is 10.2. The lowest BCUT2D eigenvalue weighted by molar-refractivity contribution is 0.0526. The third-order valence-corrected chi connectivity index (χ3v) is 4.06. The molecule has 0 radical (unpaired) electrons. The molecule has 7 heteroatoms. The smallest absolute Gasteiger partial charge is 0.338 e. The van der Waals surface area contributed by atoms with Crippen LogP contribution in [-0.4, -0.2) is 28.0 Å². The highest BCUT2D eigenvalue weighted by atomic mass is 32.1. The maximum atomic E-state index is 12.3. The van der Waals surface area contributed by atoms with Crippen LogP contribution in [0.25, 0.3) is 5.13 Å². The van der Waals surface area contributed by atoms with Gasteiger partial charge in [0.2, 0.25) is 0 Å². The van der Waals surface area contributed by atoms with E-state index in [-0.39, 0.29) is 11.9 Å². The molecule has 0 atom stereocenters. The normalized spacial score (nSPS) is 10.4. The van der Waals surface area contributed by atoms with Crippen LogP contribution < -0.4 is 5.32 Å². The van der Waals surface area contributed by atoms with Gasteiger partial charge in [0.05, 0.1) is 12.2 Å². The molecule has 0 saturated heterocycles. The topological polar surface area (TPSA) is 73.2 Å². The van der Waals surface area contributed by atoms with Gasteiger partial charge in [-0.1, -0.05) is 0 Å². The van der Waals surface area contributed by atoms with E-state index in [9.17, 15) is 9.59 Å². The largest absolute Gasteiger partial charge is 0.462 e. The molecule has 0 spiro atoms. The van der Waals surface area contributed by atoms with E-state index in [0.717, 1.165) is 5.13 Å². The second-order valence-corrected chi connectivity index (χ2v) is 5.69. The number of carbonyl (C=O) groups is 2. The summed E-state index contributed by atoms with van der Waals surface area (Å²) in [5, 5.41) is 5.19. The van der Waals surface area contributed by atoms with Crippen molar-refractivity contribution in [2.45, 2.75) is 6.92 Å². The van der Waals surface area contributed by atoms with E-state index in [1.165, 1.54) is 11.3 Å². The molecule has 1 aromatic carbocycles. The van der Waals surface area contributed by atoms with E-state index in [1.807, 2.05) is 29.1 Å². The van der Waals surface area contributed by atoms with Gasteiger partial charge in [-0.25, -0.2) is 9.78 Å². The molecule has 3 aromatic rings. The van der Waals surface area contributed by atoms with Crippen molar-refractivity contribution in [1.82, 2.24) is 9.55 Å². The number of rotatable bonds is 5. The Balaban J connectivity index is 1.67. The van der Waals surface area contributed by atoms with Crippen molar-refractivity contribution in [3.63, 3.8) is 0 Å². The van der Waals surface area contributed by atoms with E-state index >= 15 is 0 Å². The minimum Gasteiger partial charge on any atom is -0.462 e. The molecular weight excluding hydrogens is 326 g/mol. The summed E-state index contributed by atoms with van der Waals surface area (Å²) in [7, 11) is 0. The van der Waals surface area contributed by atoms with Crippen molar-refractivity contribution in [3.05, 3.63) is 65.4 Å². The first-order valence-electron chi connectivity index (χ1n) is 7.35. The number of carbonyl (C=O) groups excluding carboxylic acids is 2. The van der Waals surface area contributed by atoms with Gasteiger partial charge >= 0.3 is 5.97 Å². The van der Waals surface area contributed by atoms with E-state index < -0.39 is 0 Å². The SMILES string of the molecule is CCOC(=O)c1ccc(NC(=O)c2csc(-n3cccc3)n2)cc1. The highest BCUT2D eigenvalue weighted by Crippen LogP contribution is 2.17. The molecule has 0 aliphatic rings. The highest BCUT2D eigenvalue weighted by molar-refractivity contribution is 7.12. The zero-order chi connectivity index (χ0) is 16.9. The fourth-order valence-corrected chi connectivity index (χ4v) is 2.82.